The van der Waals surface area contributed by atoms with Crippen molar-refractivity contribution in [3.8, 4) is 5.88 Å². The summed E-state index contributed by atoms with van der Waals surface area (Å²) in [5.74, 6) is 0.444. The SMILES string of the molecule is COc1nc2ccc(C(O)(c3ccc(C)nc3C)c3cnnn3C)cc2c(Cl)c1CO[Si](C(C)C)(C(C)C)C(C)C. The van der Waals surface area contributed by atoms with Gasteiger partial charge in [0, 0.05) is 29.4 Å². The summed E-state index contributed by atoms with van der Waals surface area (Å²) in [6.45, 7) is 17.7. The van der Waals surface area contributed by atoms with Crippen molar-refractivity contribution in [1.82, 2.24) is 25.0 Å². The van der Waals surface area contributed by atoms with Gasteiger partial charge in [-0.3, -0.25) is 4.98 Å². The number of rotatable bonds is 10. The first-order chi connectivity index (χ1) is 19.3. The maximum atomic E-state index is 12.5. The summed E-state index contributed by atoms with van der Waals surface area (Å²) in [5, 5.41) is 21.9. The molecule has 0 aliphatic rings. The Morgan fingerprint density at radius 2 is 1.66 bits per heavy atom. The van der Waals surface area contributed by atoms with Crippen LogP contribution in [0.25, 0.3) is 10.9 Å². The average Bonchev–Trinajstić information content (AvgIpc) is 3.35. The highest BCUT2D eigenvalue weighted by Crippen LogP contribution is 2.45. The summed E-state index contributed by atoms with van der Waals surface area (Å²) in [7, 11) is 1.18. The average molecular weight is 596 g/mol. The number of benzene rings is 1. The maximum absolute atomic E-state index is 12.5. The lowest BCUT2D eigenvalue weighted by molar-refractivity contribution is 0.115. The molecule has 3 heterocycles. The van der Waals surface area contributed by atoms with Gasteiger partial charge in [0.25, 0.3) is 0 Å². The molecular formula is C31H42ClN5O3Si. The summed E-state index contributed by atoms with van der Waals surface area (Å²) < 4.78 is 14.2. The van der Waals surface area contributed by atoms with E-state index in [1.807, 2.05) is 44.2 Å². The molecule has 41 heavy (non-hydrogen) atoms. The third kappa shape index (κ3) is 5.29. The summed E-state index contributed by atoms with van der Waals surface area (Å²) in [6.07, 6.45) is 1.57. The largest absolute Gasteiger partial charge is 0.481 e. The van der Waals surface area contributed by atoms with E-state index >= 15 is 0 Å². The van der Waals surface area contributed by atoms with Gasteiger partial charge in [-0.05, 0) is 54.2 Å². The number of nitrogens with zero attached hydrogens (tertiary/aromatic N) is 5. The van der Waals surface area contributed by atoms with Crippen LogP contribution >= 0.6 is 11.6 Å². The van der Waals surface area contributed by atoms with Crippen molar-refractivity contribution in [2.45, 2.75) is 84.2 Å². The maximum Gasteiger partial charge on any atom is 0.220 e. The van der Waals surface area contributed by atoms with E-state index in [0.29, 0.717) is 73.1 Å². The number of aromatic nitrogens is 5. The molecule has 3 aromatic heterocycles. The normalized spacial score (nSPS) is 13.9. The molecule has 220 valence electrons. The Bertz CT molecular complexity index is 1530. The number of methoxy groups -OCH3 is 1. The molecule has 0 saturated carbocycles. The second-order valence-corrected chi connectivity index (χ2v) is 17.6. The van der Waals surface area contributed by atoms with Crippen molar-refractivity contribution < 1.29 is 14.3 Å². The van der Waals surface area contributed by atoms with Crippen LogP contribution in [-0.2, 0) is 23.7 Å². The molecule has 1 N–H and O–H groups in total. The molecule has 0 aliphatic carbocycles. The van der Waals surface area contributed by atoms with Gasteiger partial charge in [-0.15, -0.1) is 5.10 Å². The number of aliphatic hydroxyl groups is 1. The van der Waals surface area contributed by atoms with Crippen molar-refractivity contribution in [2.75, 3.05) is 7.11 Å². The van der Waals surface area contributed by atoms with E-state index in [2.05, 4.69) is 56.8 Å². The summed E-state index contributed by atoms with van der Waals surface area (Å²) >= 11 is 7.16. The molecule has 0 saturated heterocycles. The molecule has 4 rings (SSSR count). The van der Waals surface area contributed by atoms with E-state index in [9.17, 15) is 5.11 Å². The highest BCUT2D eigenvalue weighted by Gasteiger charge is 2.45. The Kier molecular flexibility index (Phi) is 8.94. The van der Waals surface area contributed by atoms with Crippen LogP contribution in [0, 0.1) is 13.8 Å². The molecule has 0 radical (unpaired) electrons. The quantitative estimate of drug-likeness (QED) is 0.197. The van der Waals surface area contributed by atoms with E-state index in [1.54, 1.807) is 25.0 Å². The van der Waals surface area contributed by atoms with Gasteiger partial charge in [0.05, 0.1) is 41.7 Å². The molecule has 0 spiro atoms. The first kappa shape index (κ1) is 31.1. The number of fused-ring (bicyclic) bond motifs is 1. The van der Waals surface area contributed by atoms with Crippen molar-refractivity contribution >= 4 is 30.8 Å². The topological polar surface area (TPSA) is 95.2 Å². The van der Waals surface area contributed by atoms with E-state index in [0.717, 1.165) is 5.69 Å². The zero-order chi connectivity index (χ0) is 30.3. The van der Waals surface area contributed by atoms with Crippen molar-refractivity contribution in [3.63, 3.8) is 0 Å². The van der Waals surface area contributed by atoms with Gasteiger partial charge >= 0.3 is 0 Å². The fraction of sp³-hybridized carbons (Fsp3) is 0.484. The summed E-state index contributed by atoms with van der Waals surface area (Å²) in [4.78, 5) is 9.43. The summed E-state index contributed by atoms with van der Waals surface area (Å²) in [5.41, 5.74) is 4.33. The third-order valence-corrected chi connectivity index (χ3v) is 15.0. The molecule has 4 aromatic rings. The standard InChI is InChI=1S/C31H42ClN5O3Si/c1-18(2)41(19(3)4,20(5)6)40-17-25-29(32)24-15-23(12-14-27(24)35-30(25)39-10)31(38,28-16-33-36-37(28)9)26-13-11-21(7)34-22(26)8/h11-16,18-20,38H,17H2,1-10H3. The number of ether oxygens (including phenoxy) is 1. The third-order valence-electron chi connectivity index (χ3n) is 8.46. The molecule has 0 amide bonds. The lowest BCUT2D eigenvalue weighted by atomic mass is 9.82. The zero-order valence-electron chi connectivity index (χ0n) is 25.8. The molecule has 1 aromatic carbocycles. The number of aryl methyl sites for hydroxylation is 3. The van der Waals surface area contributed by atoms with Crippen LogP contribution in [0.4, 0.5) is 0 Å². The Labute approximate surface area is 249 Å². The molecule has 1 unspecified atom stereocenters. The van der Waals surface area contributed by atoms with Crippen LogP contribution in [0.2, 0.25) is 21.6 Å². The Balaban J connectivity index is 1.92. The Morgan fingerprint density at radius 3 is 2.20 bits per heavy atom. The van der Waals surface area contributed by atoms with Crippen LogP contribution in [0.3, 0.4) is 0 Å². The van der Waals surface area contributed by atoms with Crippen LogP contribution in [0.15, 0.2) is 36.5 Å². The minimum Gasteiger partial charge on any atom is -0.481 e. The minimum absolute atomic E-state index is 0.298. The van der Waals surface area contributed by atoms with Crippen molar-refractivity contribution in [2.24, 2.45) is 7.05 Å². The predicted octanol–water partition coefficient (Wildman–Crippen LogP) is 7.01. The number of hydrogen-bond donors (Lipinski definition) is 1. The van der Waals surface area contributed by atoms with Crippen LogP contribution in [0.5, 0.6) is 5.88 Å². The molecule has 0 aliphatic heterocycles. The van der Waals surface area contributed by atoms with Crippen LogP contribution in [0.1, 0.15) is 75.3 Å². The highest BCUT2D eigenvalue weighted by molar-refractivity contribution is 6.77. The Morgan fingerprint density at radius 1 is 1.00 bits per heavy atom. The molecule has 0 fully saturated rings. The van der Waals surface area contributed by atoms with Crippen LogP contribution in [-0.4, -0.2) is 45.5 Å². The molecule has 10 heteroatoms. The number of pyridine rings is 2. The first-order valence-electron chi connectivity index (χ1n) is 14.1. The fourth-order valence-corrected chi connectivity index (χ4v) is 12.3. The lowest BCUT2D eigenvalue weighted by Gasteiger charge is -2.42. The van der Waals surface area contributed by atoms with E-state index in [-0.39, 0.29) is 0 Å². The zero-order valence-corrected chi connectivity index (χ0v) is 27.5. The highest BCUT2D eigenvalue weighted by atomic mass is 35.5. The monoisotopic (exact) mass is 595 g/mol. The van der Waals surface area contributed by atoms with Gasteiger partial charge in [-0.1, -0.05) is 70.5 Å². The molecular weight excluding hydrogens is 554 g/mol. The van der Waals surface area contributed by atoms with E-state index in [1.165, 1.54) is 0 Å². The van der Waals surface area contributed by atoms with Crippen molar-refractivity contribution in [3.05, 3.63) is 75.3 Å². The fourth-order valence-electron chi connectivity index (χ4n) is 6.59. The van der Waals surface area contributed by atoms with Gasteiger partial charge in [-0.2, -0.15) is 0 Å². The van der Waals surface area contributed by atoms with E-state index < -0.39 is 13.9 Å². The number of halogens is 1. The van der Waals surface area contributed by atoms with Gasteiger partial charge in [0.1, 0.15) is 0 Å². The second kappa shape index (κ2) is 11.8. The van der Waals surface area contributed by atoms with Crippen molar-refractivity contribution in [1.29, 1.82) is 0 Å². The van der Waals surface area contributed by atoms with Gasteiger partial charge in [0.2, 0.25) is 14.2 Å². The second-order valence-electron chi connectivity index (χ2n) is 11.8. The van der Waals surface area contributed by atoms with Gasteiger partial charge in [-0.25, -0.2) is 9.67 Å². The van der Waals surface area contributed by atoms with E-state index in [4.69, 9.17) is 25.7 Å². The van der Waals surface area contributed by atoms with Crippen LogP contribution < -0.4 is 4.74 Å². The Hall–Kier alpha value is -2.85. The summed E-state index contributed by atoms with van der Waals surface area (Å²) in [6, 6.07) is 9.38. The molecule has 0 bridgehead atoms. The number of hydrogen-bond acceptors (Lipinski definition) is 7. The molecule has 8 nitrogen and oxygen atoms in total. The predicted molar refractivity (Wildman–Crippen MR) is 166 cm³/mol. The first-order valence-corrected chi connectivity index (χ1v) is 16.6. The van der Waals surface area contributed by atoms with Gasteiger partial charge in [0.15, 0.2) is 5.60 Å². The molecule has 1 atom stereocenters. The smallest absolute Gasteiger partial charge is 0.220 e. The van der Waals surface area contributed by atoms with Gasteiger partial charge < -0.3 is 14.3 Å². The minimum atomic E-state index is -2.18. The lowest BCUT2D eigenvalue weighted by Crippen LogP contribution is -2.47.